The largest absolute Gasteiger partial charge is 0.446 e. The Balaban J connectivity index is 1.28. The van der Waals surface area contributed by atoms with Gasteiger partial charge in [0.25, 0.3) is 11.8 Å². The molecule has 2 aromatic rings. The lowest BCUT2D eigenvalue weighted by Crippen LogP contribution is -2.33. The van der Waals surface area contributed by atoms with Crippen LogP contribution in [0.5, 0.6) is 0 Å². The number of hydrogen-bond donors (Lipinski definition) is 0. The van der Waals surface area contributed by atoms with Gasteiger partial charge in [0.2, 0.25) is 0 Å². The van der Waals surface area contributed by atoms with Crippen molar-refractivity contribution in [1.82, 2.24) is 9.88 Å². The molecule has 3 heterocycles. The van der Waals surface area contributed by atoms with Gasteiger partial charge in [0, 0.05) is 12.5 Å². The molecule has 0 radical (unpaired) electrons. The van der Waals surface area contributed by atoms with E-state index in [1.165, 1.54) is 11.3 Å². The van der Waals surface area contributed by atoms with E-state index in [1.807, 2.05) is 0 Å². The molecular formula is C17H14N2O4. The topological polar surface area (TPSA) is 72.6 Å². The minimum Gasteiger partial charge on any atom is -0.446 e. The number of carbonyl (C=O) groups excluding carboxylic acids is 2. The van der Waals surface area contributed by atoms with Gasteiger partial charge in [0.15, 0.2) is 12.2 Å². The van der Waals surface area contributed by atoms with E-state index in [0.29, 0.717) is 23.6 Å². The quantitative estimate of drug-likeness (QED) is 0.811. The van der Waals surface area contributed by atoms with E-state index in [-0.39, 0.29) is 29.9 Å². The molecule has 0 N–H and O–H groups in total. The Kier molecular flexibility index (Phi) is 2.56. The van der Waals surface area contributed by atoms with Crippen LogP contribution in [-0.2, 0) is 4.74 Å². The molecule has 6 heteroatoms. The molecule has 1 aromatic heterocycles. The van der Waals surface area contributed by atoms with Crippen LogP contribution in [0.25, 0.3) is 0 Å². The van der Waals surface area contributed by atoms with E-state index in [1.54, 1.807) is 30.5 Å². The lowest BCUT2D eigenvalue weighted by molar-refractivity contribution is 0.0372. The van der Waals surface area contributed by atoms with Gasteiger partial charge in [-0.3, -0.25) is 14.5 Å². The van der Waals surface area contributed by atoms with Crippen LogP contribution in [0.15, 0.2) is 41.3 Å². The molecule has 0 unspecified atom stereocenters. The summed E-state index contributed by atoms with van der Waals surface area (Å²) in [6, 6.07) is 6.98. The number of benzene rings is 1. The first-order chi connectivity index (χ1) is 11.2. The van der Waals surface area contributed by atoms with Gasteiger partial charge >= 0.3 is 0 Å². The third-order valence-electron chi connectivity index (χ3n) is 5.10. The zero-order valence-corrected chi connectivity index (χ0v) is 12.2. The highest BCUT2D eigenvalue weighted by molar-refractivity contribution is 6.21. The van der Waals surface area contributed by atoms with Crippen LogP contribution in [0, 0.1) is 11.8 Å². The summed E-state index contributed by atoms with van der Waals surface area (Å²) in [5, 5.41) is 0. The monoisotopic (exact) mass is 310 g/mol. The van der Waals surface area contributed by atoms with Gasteiger partial charge in [-0.05, 0) is 24.5 Å². The van der Waals surface area contributed by atoms with Crippen molar-refractivity contribution in [3.8, 4) is 0 Å². The molecule has 2 amide bonds. The highest BCUT2D eigenvalue weighted by Gasteiger charge is 2.59. The first-order valence-electron chi connectivity index (χ1n) is 7.73. The van der Waals surface area contributed by atoms with Crippen molar-refractivity contribution in [3.63, 3.8) is 0 Å². The summed E-state index contributed by atoms with van der Waals surface area (Å²) in [6.07, 6.45) is 3.99. The molecule has 116 valence electrons. The maximum absolute atomic E-state index is 12.4. The Morgan fingerprint density at radius 1 is 1.17 bits per heavy atom. The number of nitrogens with zero attached hydrogens (tertiary/aromatic N) is 2. The Labute approximate surface area is 132 Å². The molecule has 5 rings (SSSR count). The lowest BCUT2D eigenvalue weighted by atomic mass is 10.1. The molecule has 4 atom stereocenters. The number of fused-ring (bicyclic) bond motifs is 2. The smallest absolute Gasteiger partial charge is 0.261 e. The summed E-state index contributed by atoms with van der Waals surface area (Å²) < 4.78 is 11.2. The van der Waals surface area contributed by atoms with Gasteiger partial charge in [-0.25, -0.2) is 4.98 Å². The van der Waals surface area contributed by atoms with Crippen LogP contribution < -0.4 is 0 Å². The van der Waals surface area contributed by atoms with Gasteiger partial charge in [-0.2, -0.15) is 0 Å². The van der Waals surface area contributed by atoms with Gasteiger partial charge in [0.05, 0.1) is 23.4 Å². The molecule has 0 bridgehead atoms. The number of oxazole rings is 1. The summed E-state index contributed by atoms with van der Waals surface area (Å²) in [6.45, 7) is 0.435. The van der Waals surface area contributed by atoms with Crippen LogP contribution in [0.2, 0.25) is 0 Å². The zero-order valence-electron chi connectivity index (χ0n) is 12.2. The highest BCUT2D eigenvalue weighted by Crippen LogP contribution is 2.56. The SMILES string of the molecule is O=C1c2ccccc2C(=O)N1C[C@H]1[C@@H]2C[C@H](c3cnco3)O[C@@H]21. The van der Waals surface area contributed by atoms with E-state index in [4.69, 9.17) is 9.15 Å². The molecule has 2 aliphatic heterocycles. The fraction of sp³-hybridized carbons (Fsp3) is 0.353. The molecule has 3 aliphatic rings. The minimum absolute atomic E-state index is 0.0501. The third-order valence-corrected chi connectivity index (χ3v) is 5.10. The second-order valence-corrected chi connectivity index (χ2v) is 6.32. The number of rotatable bonds is 3. The summed E-state index contributed by atoms with van der Waals surface area (Å²) in [7, 11) is 0. The second kappa shape index (κ2) is 4.52. The number of amides is 2. The third kappa shape index (κ3) is 1.81. The number of imide groups is 1. The average Bonchev–Trinajstić information content (AvgIpc) is 3.05. The van der Waals surface area contributed by atoms with Crippen molar-refractivity contribution in [2.75, 3.05) is 6.54 Å². The van der Waals surface area contributed by atoms with E-state index in [2.05, 4.69) is 4.98 Å². The average molecular weight is 310 g/mol. The van der Waals surface area contributed by atoms with Crippen LogP contribution >= 0.6 is 0 Å². The predicted molar refractivity (Wildman–Crippen MR) is 77.5 cm³/mol. The van der Waals surface area contributed by atoms with E-state index < -0.39 is 0 Å². The molecule has 1 aliphatic carbocycles. The molecule has 1 saturated carbocycles. The van der Waals surface area contributed by atoms with Crippen LogP contribution in [0.4, 0.5) is 0 Å². The van der Waals surface area contributed by atoms with Gasteiger partial charge in [-0.1, -0.05) is 12.1 Å². The normalized spacial score (nSPS) is 31.4. The molecule has 2 fully saturated rings. The molecule has 0 spiro atoms. The summed E-state index contributed by atoms with van der Waals surface area (Å²) in [5.41, 5.74) is 1.01. The first-order valence-corrected chi connectivity index (χ1v) is 7.73. The van der Waals surface area contributed by atoms with E-state index >= 15 is 0 Å². The van der Waals surface area contributed by atoms with Crippen LogP contribution in [-0.4, -0.2) is 34.3 Å². The van der Waals surface area contributed by atoms with E-state index in [0.717, 1.165) is 12.2 Å². The standard InChI is InChI=1S/C17H14N2O4/c20-16-9-3-1-2-4-10(9)17(21)19(16)7-12-11-5-13(23-15(11)12)14-6-18-8-22-14/h1-4,6,8,11-13,15H,5,7H2/t11-,12-,13+,15-/m0/s1. The number of ether oxygens (including phenoxy) is 1. The number of aromatic nitrogens is 1. The lowest BCUT2D eigenvalue weighted by Gasteiger charge is -2.17. The number of carbonyl (C=O) groups is 2. The molecular weight excluding hydrogens is 296 g/mol. The molecule has 6 nitrogen and oxygen atoms in total. The van der Waals surface area contributed by atoms with Crippen molar-refractivity contribution in [1.29, 1.82) is 0 Å². The first kappa shape index (κ1) is 13.0. The van der Waals surface area contributed by atoms with Gasteiger partial charge in [0.1, 0.15) is 6.10 Å². The Morgan fingerprint density at radius 3 is 2.48 bits per heavy atom. The highest BCUT2D eigenvalue weighted by atomic mass is 16.5. The Hall–Kier alpha value is -2.47. The fourth-order valence-electron chi connectivity index (χ4n) is 3.84. The maximum Gasteiger partial charge on any atom is 0.261 e. The van der Waals surface area contributed by atoms with Crippen molar-refractivity contribution in [2.45, 2.75) is 18.6 Å². The van der Waals surface area contributed by atoms with Crippen LogP contribution in [0.1, 0.15) is 39.0 Å². The fourth-order valence-corrected chi connectivity index (χ4v) is 3.84. The zero-order chi connectivity index (χ0) is 15.6. The molecule has 1 saturated heterocycles. The van der Waals surface area contributed by atoms with Gasteiger partial charge in [-0.15, -0.1) is 0 Å². The minimum atomic E-state index is -0.192. The molecule has 1 aromatic carbocycles. The predicted octanol–water partition coefficient (Wildman–Crippen LogP) is 2.05. The van der Waals surface area contributed by atoms with Crippen molar-refractivity contribution in [3.05, 3.63) is 53.7 Å². The van der Waals surface area contributed by atoms with Crippen molar-refractivity contribution in [2.24, 2.45) is 11.8 Å². The summed E-state index contributed by atoms with van der Waals surface area (Å²) in [5.74, 6) is 0.979. The Bertz CT molecular complexity index is 754. The van der Waals surface area contributed by atoms with Crippen LogP contribution in [0.3, 0.4) is 0 Å². The second-order valence-electron chi connectivity index (χ2n) is 6.32. The summed E-state index contributed by atoms with van der Waals surface area (Å²) in [4.78, 5) is 30.0. The van der Waals surface area contributed by atoms with Crippen molar-refractivity contribution >= 4 is 11.8 Å². The Morgan fingerprint density at radius 2 is 1.91 bits per heavy atom. The summed E-state index contributed by atoms with van der Waals surface area (Å²) >= 11 is 0. The van der Waals surface area contributed by atoms with Crippen molar-refractivity contribution < 1.29 is 18.7 Å². The number of hydrogen-bond acceptors (Lipinski definition) is 5. The molecule has 23 heavy (non-hydrogen) atoms. The maximum atomic E-state index is 12.4. The van der Waals surface area contributed by atoms with E-state index in [9.17, 15) is 9.59 Å². The van der Waals surface area contributed by atoms with Gasteiger partial charge < -0.3 is 9.15 Å².